The Morgan fingerprint density at radius 2 is 1.79 bits per heavy atom. The van der Waals surface area contributed by atoms with Gasteiger partial charge in [-0.15, -0.1) is 0 Å². The van der Waals surface area contributed by atoms with Crippen LogP contribution in [0.4, 0.5) is 5.69 Å². The van der Waals surface area contributed by atoms with Crippen molar-refractivity contribution in [2.45, 2.75) is 13.0 Å². The lowest BCUT2D eigenvalue weighted by atomic mass is 10.0. The molecule has 0 radical (unpaired) electrons. The summed E-state index contributed by atoms with van der Waals surface area (Å²) in [5, 5.41) is 5.27. The summed E-state index contributed by atoms with van der Waals surface area (Å²) < 4.78 is 10.6. The number of amides is 3. The Balaban J connectivity index is 1.81. The molecule has 1 atom stereocenters. The van der Waals surface area contributed by atoms with Crippen molar-refractivity contribution in [1.82, 2.24) is 10.2 Å². The lowest BCUT2D eigenvalue weighted by Gasteiger charge is -2.28. The van der Waals surface area contributed by atoms with Crippen LogP contribution < -0.4 is 20.1 Å². The third-order valence-corrected chi connectivity index (χ3v) is 4.27. The predicted molar refractivity (Wildman–Crippen MR) is 102 cm³/mol. The van der Waals surface area contributed by atoms with Gasteiger partial charge in [0.15, 0.2) is 11.5 Å². The Bertz CT molecular complexity index is 885. The number of fused-ring (bicyclic) bond motifs is 1. The van der Waals surface area contributed by atoms with Crippen LogP contribution in [0.15, 0.2) is 48.5 Å². The second kappa shape index (κ2) is 8.43. The highest BCUT2D eigenvalue weighted by Crippen LogP contribution is 2.34. The first-order valence-corrected chi connectivity index (χ1v) is 8.71. The van der Waals surface area contributed by atoms with Crippen molar-refractivity contribution in [3.8, 4) is 11.5 Å². The molecule has 0 aliphatic carbocycles. The highest BCUT2D eigenvalue weighted by atomic mass is 16.7. The number of nitrogens with zero attached hydrogens (tertiary/aromatic N) is 1. The van der Waals surface area contributed by atoms with Gasteiger partial charge < -0.3 is 25.0 Å². The topological polar surface area (TPSA) is 97.0 Å². The summed E-state index contributed by atoms with van der Waals surface area (Å²) in [6.07, 6.45) is 0. The molecular formula is C20H21N3O5. The van der Waals surface area contributed by atoms with Crippen molar-refractivity contribution in [1.29, 1.82) is 0 Å². The molecular weight excluding hydrogens is 362 g/mol. The van der Waals surface area contributed by atoms with Crippen LogP contribution in [0.1, 0.15) is 18.5 Å². The number of carbonyl (C=O) groups excluding carboxylic acids is 3. The summed E-state index contributed by atoms with van der Waals surface area (Å²) in [6, 6.07) is 13.2. The zero-order valence-electron chi connectivity index (χ0n) is 15.6. The number of hydrogen-bond acceptors (Lipinski definition) is 5. The quantitative estimate of drug-likeness (QED) is 0.791. The van der Waals surface area contributed by atoms with E-state index in [1.54, 1.807) is 42.5 Å². The number of nitrogens with one attached hydrogen (secondary N) is 2. The van der Waals surface area contributed by atoms with E-state index in [4.69, 9.17) is 9.47 Å². The first-order valence-electron chi connectivity index (χ1n) is 8.71. The van der Waals surface area contributed by atoms with Crippen LogP contribution in [0.25, 0.3) is 0 Å². The maximum atomic E-state index is 13.0. The van der Waals surface area contributed by atoms with Crippen molar-refractivity contribution in [3.05, 3.63) is 54.1 Å². The molecule has 3 rings (SSSR count). The van der Waals surface area contributed by atoms with Gasteiger partial charge in [0.1, 0.15) is 6.04 Å². The summed E-state index contributed by atoms with van der Waals surface area (Å²) in [7, 11) is 1.53. The Kier molecular flexibility index (Phi) is 5.78. The van der Waals surface area contributed by atoms with Gasteiger partial charge in [-0.05, 0) is 17.7 Å². The highest BCUT2D eigenvalue weighted by Gasteiger charge is 2.29. The van der Waals surface area contributed by atoms with E-state index in [0.717, 1.165) is 0 Å². The van der Waals surface area contributed by atoms with Gasteiger partial charge in [0, 0.05) is 25.7 Å². The third kappa shape index (κ3) is 4.40. The minimum atomic E-state index is -0.868. The third-order valence-electron chi connectivity index (χ3n) is 4.27. The lowest BCUT2D eigenvalue weighted by molar-refractivity contribution is -0.137. The minimum Gasteiger partial charge on any atom is -0.454 e. The van der Waals surface area contributed by atoms with Gasteiger partial charge >= 0.3 is 0 Å². The van der Waals surface area contributed by atoms with Crippen LogP contribution in [0.2, 0.25) is 0 Å². The van der Waals surface area contributed by atoms with E-state index in [9.17, 15) is 14.4 Å². The fraction of sp³-hybridized carbons (Fsp3) is 0.250. The Morgan fingerprint density at radius 1 is 1.07 bits per heavy atom. The van der Waals surface area contributed by atoms with Crippen LogP contribution in [-0.2, 0) is 14.4 Å². The molecule has 0 fully saturated rings. The Labute approximate surface area is 162 Å². The normalized spacial score (nSPS) is 12.8. The summed E-state index contributed by atoms with van der Waals surface area (Å²) in [5.74, 6) is 0.0702. The van der Waals surface area contributed by atoms with E-state index in [1.165, 1.54) is 18.9 Å². The molecule has 3 amide bonds. The number of rotatable bonds is 6. The molecule has 8 nitrogen and oxygen atoms in total. The van der Waals surface area contributed by atoms with Crippen LogP contribution in [0.3, 0.4) is 0 Å². The molecule has 0 saturated carbocycles. The van der Waals surface area contributed by atoms with Crippen LogP contribution in [-0.4, -0.2) is 43.0 Å². The second-order valence-corrected chi connectivity index (χ2v) is 6.28. The molecule has 1 aliphatic rings. The second-order valence-electron chi connectivity index (χ2n) is 6.28. The summed E-state index contributed by atoms with van der Waals surface area (Å²) in [6.45, 7) is 1.28. The molecule has 8 heteroatoms. The number of likely N-dealkylation sites (N-methyl/N-ethyl adjacent to an activating group) is 1. The van der Waals surface area contributed by atoms with Gasteiger partial charge in [-0.3, -0.25) is 14.4 Å². The number of benzene rings is 2. The van der Waals surface area contributed by atoms with Gasteiger partial charge in [0.25, 0.3) is 5.91 Å². The first kappa shape index (κ1) is 19.2. The highest BCUT2D eigenvalue weighted by molar-refractivity contribution is 5.98. The van der Waals surface area contributed by atoms with Crippen molar-refractivity contribution < 1.29 is 23.9 Å². The fourth-order valence-corrected chi connectivity index (χ4v) is 2.84. The molecule has 0 aromatic heterocycles. The van der Waals surface area contributed by atoms with Crippen molar-refractivity contribution in [3.63, 3.8) is 0 Å². The van der Waals surface area contributed by atoms with Gasteiger partial charge in [0.2, 0.25) is 18.6 Å². The number of carbonyl (C=O) groups is 3. The zero-order chi connectivity index (χ0) is 20.1. The van der Waals surface area contributed by atoms with Gasteiger partial charge in [-0.25, -0.2) is 0 Å². The lowest BCUT2D eigenvalue weighted by Crippen LogP contribution is -2.43. The van der Waals surface area contributed by atoms with Crippen molar-refractivity contribution >= 4 is 23.4 Å². The Morgan fingerprint density at radius 3 is 2.50 bits per heavy atom. The van der Waals surface area contributed by atoms with Gasteiger partial charge in [-0.1, -0.05) is 30.3 Å². The molecule has 0 bridgehead atoms. The molecule has 2 aromatic rings. The van der Waals surface area contributed by atoms with E-state index < -0.39 is 6.04 Å². The Hall–Kier alpha value is -3.55. The monoisotopic (exact) mass is 383 g/mol. The fourth-order valence-electron chi connectivity index (χ4n) is 2.84. The molecule has 2 N–H and O–H groups in total. The molecule has 0 unspecified atom stereocenters. The van der Waals surface area contributed by atoms with E-state index in [2.05, 4.69) is 10.6 Å². The van der Waals surface area contributed by atoms with E-state index in [1.807, 2.05) is 6.07 Å². The molecule has 2 aromatic carbocycles. The minimum absolute atomic E-state index is 0.139. The predicted octanol–water partition coefficient (Wildman–Crippen LogP) is 1.69. The van der Waals surface area contributed by atoms with Gasteiger partial charge in [0.05, 0.1) is 6.54 Å². The maximum Gasteiger partial charge on any atom is 0.251 e. The summed E-state index contributed by atoms with van der Waals surface area (Å²) in [4.78, 5) is 37.9. The van der Waals surface area contributed by atoms with Crippen molar-refractivity contribution in [2.75, 3.05) is 25.7 Å². The molecule has 0 saturated heterocycles. The molecule has 1 heterocycles. The molecule has 0 spiro atoms. The number of ether oxygens (including phenoxy) is 2. The molecule has 146 valence electrons. The van der Waals surface area contributed by atoms with Gasteiger partial charge in [-0.2, -0.15) is 0 Å². The largest absolute Gasteiger partial charge is 0.454 e. The molecule has 28 heavy (non-hydrogen) atoms. The van der Waals surface area contributed by atoms with E-state index >= 15 is 0 Å². The van der Waals surface area contributed by atoms with E-state index in [-0.39, 0.29) is 31.1 Å². The summed E-state index contributed by atoms with van der Waals surface area (Å²) >= 11 is 0. The van der Waals surface area contributed by atoms with Crippen LogP contribution >= 0.6 is 0 Å². The summed E-state index contributed by atoms with van der Waals surface area (Å²) in [5.41, 5.74) is 1.18. The van der Waals surface area contributed by atoms with Crippen molar-refractivity contribution in [2.24, 2.45) is 0 Å². The molecule has 1 aliphatic heterocycles. The van der Waals surface area contributed by atoms with Crippen LogP contribution in [0.5, 0.6) is 11.5 Å². The van der Waals surface area contributed by atoms with E-state index in [0.29, 0.717) is 22.7 Å². The smallest absolute Gasteiger partial charge is 0.251 e. The first-order chi connectivity index (χ1) is 13.5. The number of anilines is 1. The zero-order valence-corrected chi connectivity index (χ0v) is 15.6. The number of hydrogen-bond donors (Lipinski definition) is 2. The van der Waals surface area contributed by atoms with Crippen LogP contribution in [0, 0.1) is 0 Å². The maximum absolute atomic E-state index is 13.0. The standard InChI is InChI=1S/C20H21N3O5/c1-13(24)21-11-18(25)23(2)19(14-6-4-3-5-7-14)20(26)22-15-8-9-16-17(10-15)28-12-27-16/h3-10,19H,11-12H2,1-2H3,(H,21,24)(H,22,26)/t19-/m0/s1. The average molecular weight is 383 g/mol. The SMILES string of the molecule is CC(=O)NCC(=O)N(C)[C@H](C(=O)Nc1ccc2c(c1)OCO2)c1ccccc1. The average Bonchev–Trinajstić information content (AvgIpc) is 3.14.